The molecule has 0 aromatic carbocycles. The summed E-state index contributed by atoms with van der Waals surface area (Å²) in [5.41, 5.74) is -0.857. The normalized spacial score (nSPS) is 35.3. The SMILES string of the molecule is O=C(O)C1(n2nnnc2C2C3CCCCC32)CCC1. The van der Waals surface area contributed by atoms with E-state index in [0.29, 0.717) is 30.6 Å². The number of hydrogen-bond acceptors (Lipinski definition) is 4. The van der Waals surface area contributed by atoms with E-state index in [1.807, 2.05) is 0 Å². The predicted octanol–water partition coefficient (Wildman–Crippen LogP) is 1.54. The number of aliphatic carboxylic acids is 1. The van der Waals surface area contributed by atoms with Gasteiger partial charge in [-0.15, -0.1) is 5.10 Å². The summed E-state index contributed by atoms with van der Waals surface area (Å²) in [5, 5.41) is 21.5. The Kier molecular flexibility index (Phi) is 2.26. The Morgan fingerprint density at radius 1 is 1.21 bits per heavy atom. The fourth-order valence-electron chi connectivity index (χ4n) is 4.11. The van der Waals surface area contributed by atoms with Gasteiger partial charge in [-0.3, -0.25) is 0 Å². The molecule has 0 bridgehead atoms. The van der Waals surface area contributed by atoms with Gasteiger partial charge in [0.05, 0.1) is 0 Å². The molecule has 4 rings (SSSR count). The van der Waals surface area contributed by atoms with Gasteiger partial charge in [-0.2, -0.15) is 0 Å². The smallest absolute Gasteiger partial charge is 0.331 e. The van der Waals surface area contributed by atoms with E-state index in [4.69, 9.17) is 0 Å². The Balaban J connectivity index is 1.68. The fourth-order valence-corrected chi connectivity index (χ4v) is 4.11. The molecule has 1 N–H and O–H groups in total. The fraction of sp³-hybridized carbons (Fsp3) is 0.846. The van der Waals surface area contributed by atoms with E-state index in [0.717, 1.165) is 12.2 Å². The van der Waals surface area contributed by atoms with Gasteiger partial charge < -0.3 is 5.11 Å². The molecule has 0 spiro atoms. The summed E-state index contributed by atoms with van der Waals surface area (Å²) in [7, 11) is 0. The Labute approximate surface area is 111 Å². The lowest BCUT2D eigenvalue weighted by Crippen LogP contribution is -2.49. The lowest BCUT2D eigenvalue weighted by atomic mass is 9.76. The minimum atomic E-state index is -0.857. The van der Waals surface area contributed by atoms with Crippen molar-refractivity contribution >= 4 is 5.97 Å². The molecule has 0 aliphatic heterocycles. The highest BCUT2D eigenvalue weighted by Gasteiger charge is 2.57. The van der Waals surface area contributed by atoms with Crippen molar-refractivity contribution in [1.29, 1.82) is 0 Å². The lowest BCUT2D eigenvalue weighted by Gasteiger charge is -2.37. The van der Waals surface area contributed by atoms with Crippen LogP contribution in [0, 0.1) is 11.8 Å². The Hall–Kier alpha value is -1.46. The zero-order valence-electron chi connectivity index (χ0n) is 10.8. The molecular formula is C13H18N4O2. The number of carboxylic acid groups (broad SMARTS) is 1. The minimum Gasteiger partial charge on any atom is -0.479 e. The van der Waals surface area contributed by atoms with Crippen molar-refractivity contribution in [2.45, 2.75) is 56.4 Å². The molecule has 1 aromatic rings. The number of nitrogens with zero attached hydrogens (tertiary/aromatic N) is 4. The molecule has 1 aromatic heterocycles. The van der Waals surface area contributed by atoms with Crippen LogP contribution in [0.2, 0.25) is 0 Å². The van der Waals surface area contributed by atoms with Crippen molar-refractivity contribution in [3.8, 4) is 0 Å². The van der Waals surface area contributed by atoms with Crippen LogP contribution in [-0.2, 0) is 10.3 Å². The molecule has 1 heterocycles. The van der Waals surface area contributed by atoms with Crippen molar-refractivity contribution in [1.82, 2.24) is 20.2 Å². The average molecular weight is 262 g/mol. The van der Waals surface area contributed by atoms with E-state index >= 15 is 0 Å². The van der Waals surface area contributed by atoms with Gasteiger partial charge in [-0.25, -0.2) is 9.48 Å². The third-order valence-corrected chi connectivity index (χ3v) is 5.43. The van der Waals surface area contributed by atoms with Gasteiger partial charge in [0.25, 0.3) is 0 Å². The molecule has 0 saturated heterocycles. The molecule has 3 saturated carbocycles. The van der Waals surface area contributed by atoms with Crippen molar-refractivity contribution < 1.29 is 9.90 Å². The Bertz CT molecular complexity index is 510. The first-order valence-corrected chi connectivity index (χ1v) is 7.26. The number of carboxylic acids is 1. The van der Waals surface area contributed by atoms with E-state index in [-0.39, 0.29) is 0 Å². The van der Waals surface area contributed by atoms with Crippen LogP contribution in [0.4, 0.5) is 0 Å². The monoisotopic (exact) mass is 262 g/mol. The van der Waals surface area contributed by atoms with Crippen molar-refractivity contribution in [2.75, 3.05) is 0 Å². The number of fused-ring (bicyclic) bond motifs is 1. The maximum Gasteiger partial charge on any atom is 0.331 e. The van der Waals surface area contributed by atoms with E-state index in [1.54, 1.807) is 4.68 Å². The predicted molar refractivity (Wildman–Crippen MR) is 65.5 cm³/mol. The van der Waals surface area contributed by atoms with E-state index in [1.165, 1.54) is 25.7 Å². The maximum absolute atomic E-state index is 11.6. The molecule has 2 atom stereocenters. The molecule has 2 unspecified atom stereocenters. The van der Waals surface area contributed by atoms with Crippen molar-refractivity contribution in [3.63, 3.8) is 0 Å². The third-order valence-electron chi connectivity index (χ3n) is 5.43. The van der Waals surface area contributed by atoms with E-state index in [2.05, 4.69) is 15.5 Å². The molecule has 6 nitrogen and oxygen atoms in total. The van der Waals surface area contributed by atoms with Crippen LogP contribution in [0.25, 0.3) is 0 Å². The van der Waals surface area contributed by atoms with Gasteiger partial charge in [0.15, 0.2) is 11.4 Å². The van der Waals surface area contributed by atoms with Crippen LogP contribution >= 0.6 is 0 Å². The standard InChI is InChI=1S/C13H18N4O2/c18-12(19)13(6-3-7-13)17-11(14-15-16-17)10-8-4-1-2-5-9(8)10/h8-10H,1-7H2,(H,18,19). The maximum atomic E-state index is 11.6. The summed E-state index contributed by atoms with van der Waals surface area (Å²) >= 11 is 0. The van der Waals surface area contributed by atoms with Crippen LogP contribution in [0.1, 0.15) is 56.7 Å². The van der Waals surface area contributed by atoms with Gasteiger partial charge >= 0.3 is 5.97 Å². The van der Waals surface area contributed by atoms with Crippen LogP contribution in [-0.4, -0.2) is 31.3 Å². The quantitative estimate of drug-likeness (QED) is 0.893. The number of hydrogen-bond donors (Lipinski definition) is 1. The number of rotatable bonds is 3. The molecule has 6 heteroatoms. The summed E-state index contributed by atoms with van der Waals surface area (Å²) in [6.45, 7) is 0. The second-order valence-electron chi connectivity index (χ2n) is 6.28. The topological polar surface area (TPSA) is 80.9 Å². The summed E-state index contributed by atoms with van der Waals surface area (Å²) in [5.74, 6) is 1.86. The van der Waals surface area contributed by atoms with Crippen LogP contribution in [0.3, 0.4) is 0 Å². The number of tetrazole rings is 1. The van der Waals surface area contributed by atoms with Crippen molar-refractivity contribution in [2.24, 2.45) is 11.8 Å². The van der Waals surface area contributed by atoms with Gasteiger partial charge in [-0.1, -0.05) is 12.8 Å². The summed E-state index contributed by atoms with van der Waals surface area (Å²) in [4.78, 5) is 11.6. The van der Waals surface area contributed by atoms with Crippen LogP contribution in [0.15, 0.2) is 0 Å². The molecule has 19 heavy (non-hydrogen) atoms. The molecule has 0 amide bonds. The average Bonchev–Trinajstić information content (AvgIpc) is 2.88. The van der Waals surface area contributed by atoms with Gasteiger partial charge in [0, 0.05) is 5.92 Å². The molecule has 0 radical (unpaired) electrons. The zero-order valence-corrected chi connectivity index (χ0v) is 10.8. The molecule has 102 valence electrons. The molecular weight excluding hydrogens is 244 g/mol. The first-order valence-electron chi connectivity index (χ1n) is 7.26. The second kappa shape index (κ2) is 3.77. The lowest BCUT2D eigenvalue weighted by molar-refractivity contribution is -0.153. The van der Waals surface area contributed by atoms with E-state index < -0.39 is 11.5 Å². The third kappa shape index (κ3) is 1.42. The summed E-state index contributed by atoms with van der Waals surface area (Å²) in [6.07, 6.45) is 7.35. The molecule has 3 aliphatic carbocycles. The first-order chi connectivity index (χ1) is 9.24. The highest BCUT2D eigenvalue weighted by molar-refractivity contribution is 5.77. The zero-order chi connectivity index (χ0) is 13.0. The van der Waals surface area contributed by atoms with E-state index in [9.17, 15) is 9.90 Å². The number of carbonyl (C=O) groups is 1. The number of aromatic nitrogens is 4. The first kappa shape index (κ1) is 11.4. The highest BCUT2D eigenvalue weighted by Crippen LogP contribution is 2.61. The molecule has 3 aliphatic rings. The van der Waals surface area contributed by atoms with Gasteiger partial charge in [0.2, 0.25) is 0 Å². The largest absolute Gasteiger partial charge is 0.479 e. The Morgan fingerprint density at radius 2 is 1.89 bits per heavy atom. The minimum absolute atomic E-state index is 0.411. The van der Waals surface area contributed by atoms with Gasteiger partial charge in [0.1, 0.15) is 0 Å². The van der Waals surface area contributed by atoms with Gasteiger partial charge in [-0.05, 0) is 54.4 Å². The summed E-state index contributed by atoms with van der Waals surface area (Å²) in [6, 6.07) is 0. The highest BCUT2D eigenvalue weighted by atomic mass is 16.4. The van der Waals surface area contributed by atoms with Crippen LogP contribution < -0.4 is 0 Å². The van der Waals surface area contributed by atoms with Crippen molar-refractivity contribution in [3.05, 3.63) is 5.82 Å². The Morgan fingerprint density at radius 3 is 2.42 bits per heavy atom. The second-order valence-corrected chi connectivity index (χ2v) is 6.28. The molecule has 3 fully saturated rings. The van der Waals surface area contributed by atoms with Crippen LogP contribution in [0.5, 0.6) is 0 Å². The summed E-state index contributed by atoms with van der Waals surface area (Å²) < 4.78 is 1.64.